The van der Waals surface area contributed by atoms with Crippen LogP contribution in [0.15, 0.2) is 37.1 Å². The van der Waals surface area contributed by atoms with E-state index in [1.807, 2.05) is 10.9 Å². The van der Waals surface area contributed by atoms with Gasteiger partial charge in [0, 0.05) is 24.2 Å². The van der Waals surface area contributed by atoms with Crippen LogP contribution in [0.1, 0.15) is 18.9 Å². The van der Waals surface area contributed by atoms with Crippen LogP contribution < -0.4 is 5.32 Å². The molecule has 1 fully saturated rings. The molecular formula is C17H20N8O. The molecule has 9 heteroatoms. The van der Waals surface area contributed by atoms with Gasteiger partial charge in [0.2, 0.25) is 12.4 Å². The standard InChI is InChI=1S/C17H20N8O/c1-23-6-3-15(4-7-23)25-11-14(9-20-25)21-17-18-5-2-16(22-17)13-8-19-24(10-13)12-26/h2,5,8-12,15H,3-4,6-7H2,1H3,(H,18,21,22). The number of piperidine rings is 1. The SMILES string of the molecule is CN1CCC(n2cc(Nc3nccc(-c4cnn(C=O)c4)n3)cn2)CC1. The van der Waals surface area contributed by atoms with Crippen LogP contribution in [0.3, 0.4) is 0 Å². The van der Waals surface area contributed by atoms with Gasteiger partial charge in [0.1, 0.15) is 0 Å². The lowest BCUT2D eigenvalue weighted by atomic mass is 10.1. The van der Waals surface area contributed by atoms with Gasteiger partial charge < -0.3 is 10.2 Å². The second kappa shape index (κ2) is 7.04. The summed E-state index contributed by atoms with van der Waals surface area (Å²) < 4.78 is 3.23. The van der Waals surface area contributed by atoms with Crippen molar-refractivity contribution in [2.75, 3.05) is 25.5 Å². The molecule has 3 aromatic heterocycles. The third kappa shape index (κ3) is 3.47. The zero-order chi connectivity index (χ0) is 17.9. The predicted molar refractivity (Wildman–Crippen MR) is 96.7 cm³/mol. The number of hydrogen-bond acceptors (Lipinski definition) is 7. The highest BCUT2D eigenvalue weighted by Gasteiger charge is 2.19. The van der Waals surface area contributed by atoms with Gasteiger partial charge in [-0.05, 0) is 39.0 Å². The van der Waals surface area contributed by atoms with Crippen molar-refractivity contribution < 1.29 is 4.79 Å². The van der Waals surface area contributed by atoms with Crippen molar-refractivity contribution >= 4 is 18.0 Å². The summed E-state index contributed by atoms with van der Waals surface area (Å²) in [6, 6.07) is 2.21. The number of nitrogens with zero attached hydrogens (tertiary/aromatic N) is 7. The quantitative estimate of drug-likeness (QED) is 0.697. The minimum absolute atomic E-state index is 0.434. The maximum absolute atomic E-state index is 10.8. The van der Waals surface area contributed by atoms with E-state index in [1.54, 1.807) is 30.9 Å². The maximum Gasteiger partial charge on any atom is 0.234 e. The minimum atomic E-state index is 0.434. The molecular weight excluding hydrogens is 332 g/mol. The first kappa shape index (κ1) is 16.4. The summed E-state index contributed by atoms with van der Waals surface area (Å²) in [5, 5.41) is 11.6. The van der Waals surface area contributed by atoms with Crippen LogP contribution in [0, 0.1) is 0 Å². The highest BCUT2D eigenvalue weighted by Crippen LogP contribution is 2.23. The van der Waals surface area contributed by atoms with Crippen LogP contribution in [0.5, 0.6) is 0 Å². The Balaban J connectivity index is 1.47. The van der Waals surface area contributed by atoms with Gasteiger partial charge in [-0.25, -0.2) is 14.6 Å². The molecule has 3 aromatic rings. The number of likely N-dealkylation sites (tertiary alicyclic amines) is 1. The molecule has 1 N–H and O–H groups in total. The summed E-state index contributed by atoms with van der Waals surface area (Å²) in [5.41, 5.74) is 2.30. The number of rotatable bonds is 5. The molecule has 0 amide bonds. The molecule has 134 valence electrons. The molecule has 0 saturated carbocycles. The molecule has 0 aliphatic carbocycles. The number of anilines is 2. The van der Waals surface area contributed by atoms with E-state index in [0.29, 0.717) is 24.1 Å². The van der Waals surface area contributed by atoms with Gasteiger partial charge >= 0.3 is 0 Å². The Morgan fingerprint density at radius 3 is 2.81 bits per heavy atom. The Kier molecular flexibility index (Phi) is 4.44. The third-order valence-electron chi connectivity index (χ3n) is 4.58. The first-order valence-corrected chi connectivity index (χ1v) is 8.54. The summed E-state index contributed by atoms with van der Waals surface area (Å²) >= 11 is 0. The molecule has 0 aromatic carbocycles. The lowest BCUT2D eigenvalue weighted by Crippen LogP contribution is -2.31. The van der Waals surface area contributed by atoms with Gasteiger partial charge in [0.05, 0.1) is 29.8 Å². The molecule has 0 unspecified atom stereocenters. The third-order valence-corrected chi connectivity index (χ3v) is 4.58. The zero-order valence-electron chi connectivity index (χ0n) is 14.5. The van der Waals surface area contributed by atoms with Crippen molar-refractivity contribution in [3.05, 3.63) is 37.1 Å². The number of carbonyl (C=O) groups is 1. The Morgan fingerprint density at radius 2 is 2.04 bits per heavy atom. The first-order valence-electron chi connectivity index (χ1n) is 8.54. The lowest BCUT2D eigenvalue weighted by molar-refractivity contribution is 0.212. The average Bonchev–Trinajstić information content (AvgIpc) is 3.32. The second-order valence-corrected chi connectivity index (χ2v) is 6.45. The van der Waals surface area contributed by atoms with Crippen LogP contribution in [-0.4, -0.2) is 61.0 Å². The summed E-state index contributed by atoms with van der Waals surface area (Å²) in [7, 11) is 2.15. The number of nitrogens with one attached hydrogen (secondary N) is 1. The zero-order valence-corrected chi connectivity index (χ0v) is 14.5. The summed E-state index contributed by atoms with van der Waals surface area (Å²) in [4.78, 5) is 21.8. The molecule has 1 aliphatic rings. The first-order chi connectivity index (χ1) is 12.7. The van der Waals surface area contributed by atoms with Gasteiger partial charge in [0.25, 0.3) is 0 Å². The van der Waals surface area contributed by atoms with Gasteiger partial charge in [-0.2, -0.15) is 10.2 Å². The molecule has 1 aliphatic heterocycles. The molecule has 0 atom stereocenters. The highest BCUT2D eigenvalue weighted by molar-refractivity contribution is 5.62. The fourth-order valence-corrected chi connectivity index (χ4v) is 3.10. The number of hydrogen-bond donors (Lipinski definition) is 1. The van der Waals surface area contributed by atoms with E-state index >= 15 is 0 Å². The van der Waals surface area contributed by atoms with Crippen LogP contribution in [0.2, 0.25) is 0 Å². The molecule has 4 rings (SSSR count). The van der Waals surface area contributed by atoms with Gasteiger partial charge in [-0.3, -0.25) is 9.48 Å². The van der Waals surface area contributed by atoms with Crippen LogP contribution in [-0.2, 0) is 4.79 Å². The Hall–Kier alpha value is -3.07. The van der Waals surface area contributed by atoms with Crippen LogP contribution in [0.25, 0.3) is 11.3 Å². The second-order valence-electron chi connectivity index (χ2n) is 6.45. The van der Waals surface area contributed by atoms with Crippen molar-refractivity contribution in [1.29, 1.82) is 0 Å². The fraction of sp³-hybridized carbons (Fsp3) is 0.353. The largest absolute Gasteiger partial charge is 0.321 e. The predicted octanol–water partition coefficient (Wildman–Crippen LogP) is 1.59. The Labute approximate surface area is 150 Å². The van der Waals surface area contributed by atoms with E-state index in [0.717, 1.165) is 37.2 Å². The maximum atomic E-state index is 10.8. The highest BCUT2D eigenvalue weighted by atomic mass is 16.1. The van der Waals surface area contributed by atoms with E-state index in [-0.39, 0.29) is 0 Å². The van der Waals surface area contributed by atoms with Gasteiger partial charge in [0.15, 0.2) is 0 Å². The summed E-state index contributed by atoms with van der Waals surface area (Å²) in [5.74, 6) is 0.476. The summed E-state index contributed by atoms with van der Waals surface area (Å²) in [6.07, 6.45) is 11.5. The van der Waals surface area contributed by atoms with E-state index in [2.05, 4.69) is 37.4 Å². The number of aromatic nitrogens is 6. The summed E-state index contributed by atoms with van der Waals surface area (Å²) in [6.45, 7) is 2.18. The smallest absolute Gasteiger partial charge is 0.234 e. The molecule has 0 spiro atoms. The normalized spacial score (nSPS) is 15.9. The van der Waals surface area contributed by atoms with Crippen molar-refractivity contribution in [3.8, 4) is 11.3 Å². The van der Waals surface area contributed by atoms with Gasteiger partial charge in [-0.1, -0.05) is 0 Å². The average molecular weight is 352 g/mol. The minimum Gasteiger partial charge on any atom is -0.321 e. The molecule has 0 radical (unpaired) electrons. The van der Waals surface area contributed by atoms with Crippen molar-refractivity contribution in [1.82, 2.24) is 34.4 Å². The van der Waals surface area contributed by atoms with Gasteiger partial charge in [-0.15, -0.1) is 0 Å². The monoisotopic (exact) mass is 352 g/mol. The fourth-order valence-electron chi connectivity index (χ4n) is 3.10. The topological polar surface area (TPSA) is 93.8 Å². The number of carbonyl (C=O) groups excluding carboxylic acids is 1. The van der Waals surface area contributed by atoms with E-state index in [1.165, 1.54) is 4.68 Å². The van der Waals surface area contributed by atoms with E-state index < -0.39 is 0 Å². The van der Waals surface area contributed by atoms with E-state index in [9.17, 15) is 4.79 Å². The van der Waals surface area contributed by atoms with E-state index in [4.69, 9.17) is 0 Å². The molecule has 0 bridgehead atoms. The van der Waals surface area contributed by atoms with Crippen molar-refractivity contribution in [2.24, 2.45) is 0 Å². The van der Waals surface area contributed by atoms with Crippen LogP contribution >= 0.6 is 0 Å². The Morgan fingerprint density at radius 1 is 1.19 bits per heavy atom. The molecule has 1 saturated heterocycles. The van der Waals surface area contributed by atoms with Crippen LogP contribution in [0.4, 0.5) is 11.6 Å². The molecule has 26 heavy (non-hydrogen) atoms. The van der Waals surface area contributed by atoms with Crippen molar-refractivity contribution in [2.45, 2.75) is 18.9 Å². The molecule has 4 heterocycles. The van der Waals surface area contributed by atoms with Crippen molar-refractivity contribution in [3.63, 3.8) is 0 Å². The Bertz CT molecular complexity index is 894. The molecule has 9 nitrogen and oxygen atoms in total. The lowest BCUT2D eigenvalue weighted by Gasteiger charge is -2.28.